The van der Waals surface area contributed by atoms with Crippen LogP contribution in [0.15, 0.2) is 17.1 Å². The van der Waals surface area contributed by atoms with E-state index >= 15 is 0 Å². The number of hydrogen-bond donors (Lipinski definition) is 1. The minimum atomic E-state index is -0.00655. The van der Waals surface area contributed by atoms with Gasteiger partial charge in [-0.1, -0.05) is 0 Å². The number of aromatic amines is 1. The Morgan fingerprint density at radius 3 is 3.08 bits per heavy atom. The topological polar surface area (TPSA) is 58.6 Å². The molecule has 66 valence electrons. The van der Waals surface area contributed by atoms with Crippen LogP contribution in [0, 0.1) is 0 Å². The van der Waals surface area contributed by atoms with Crippen molar-refractivity contribution < 1.29 is 4.79 Å². The molecule has 0 spiro atoms. The quantitative estimate of drug-likeness (QED) is 0.774. The van der Waals surface area contributed by atoms with Crippen molar-refractivity contribution >= 4 is 32.7 Å². The number of nitrogens with one attached hydrogen (secondary N) is 1. The molecule has 2 heterocycles. The molecule has 0 saturated carbocycles. The first-order valence-electron chi connectivity index (χ1n) is 3.68. The van der Waals surface area contributed by atoms with E-state index in [-0.39, 0.29) is 5.78 Å². The van der Waals surface area contributed by atoms with Gasteiger partial charge in [0.25, 0.3) is 0 Å². The van der Waals surface area contributed by atoms with Gasteiger partial charge in [0, 0.05) is 11.6 Å². The van der Waals surface area contributed by atoms with Crippen LogP contribution in [0.5, 0.6) is 0 Å². The van der Waals surface area contributed by atoms with Gasteiger partial charge in [0.15, 0.2) is 5.78 Å². The van der Waals surface area contributed by atoms with Crippen LogP contribution in [-0.2, 0) is 0 Å². The van der Waals surface area contributed by atoms with E-state index in [4.69, 9.17) is 0 Å². The lowest BCUT2D eigenvalue weighted by atomic mass is 10.2. The van der Waals surface area contributed by atoms with Gasteiger partial charge < -0.3 is 4.98 Å². The lowest BCUT2D eigenvalue weighted by molar-refractivity contribution is 0.101. The summed E-state index contributed by atoms with van der Waals surface area (Å²) in [4.78, 5) is 22.1. The number of halogens is 1. The summed E-state index contributed by atoms with van der Waals surface area (Å²) in [6.07, 6.45) is 3.06. The first-order chi connectivity index (χ1) is 6.20. The number of nitrogens with zero attached hydrogens (tertiary/aromatic N) is 2. The Bertz CT molecular complexity index is 477. The second-order valence-electron chi connectivity index (χ2n) is 2.66. The Morgan fingerprint density at radius 1 is 1.62 bits per heavy atom. The molecule has 0 atom stereocenters. The Labute approximate surface area is 82.5 Å². The van der Waals surface area contributed by atoms with Crippen LogP contribution < -0.4 is 0 Å². The normalized spacial score (nSPS) is 10.6. The molecule has 0 fully saturated rings. The largest absolute Gasteiger partial charge is 0.333 e. The van der Waals surface area contributed by atoms with Crippen LogP contribution in [0.4, 0.5) is 0 Å². The maximum Gasteiger partial charge on any atom is 0.163 e. The number of aromatic nitrogens is 3. The smallest absolute Gasteiger partial charge is 0.163 e. The molecule has 4 nitrogen and oxygen atoms in total. The molecule has 0 bridgehead atoms. The first-order valence-corrected chi connectivity index (χ1v) is 4.47. The number of fused-ring (bicyclic) bond motifs is 1. The highest BCUT2D eigenvalue weighted by Gasteiger charge is 2.13. The molecule has 1 N–H and O–H groups in total. The molecular formula is C8H6BrN3O. The lowest BCUT2D eigenvalue weighted by Gasteiger charge is -1.90. The second kappa shape index (κ2) is 2.92. The van der Waals surface area contributed by atoms with E-state index < -0.39 is 0 Å². The third-order valence-corrected chi connectivity index (χ3v) is 2.38. The third kappa shape index (κ3) is 1.25. The summed E-state index contributed by atoms with van der Waals surface area (Å²) < 4.78 is 0.663. The minimum absolute atomic E-state index is 0.00655. The fourth-order valence-corrected chi connectivity index (χ4v) is 1.92. The molecule has 0 aliphatic rings. The summed E-state index contributed by atoms with van der Waals surface area (Å²) in [6.45, 7) is 1.51. The number of ketones is 1. The third-order valence-electron chi connectivity index (χ3n) is 1.78. The van der Waals surface area contributed by atoms with Crippen molar-refractivity contribution in [1.82, 2.24) is 15.0 Å². The molecule has 0 amide bonds. The summed E-state index contributed by atoms with van der Waals surface area (Å²) in [5.74, 6) is -0.00655. The molecule has 0 saturated heterocycles. The average molecular weight is 240 g/mol. The lowest BCUT2D eigenvalue weighted by Crippen LogP contribution is -1.91. The van der Waals surface area contributed by atoms with Gasteiger partial charge in [-0.15, -0.1) is 0 Å². The number of hydrogen-bond acceptors (Lipinski definition) is 3. The Balaban J connectivity index is 2.86. The number of carbonyl (C=O) groups excluding carboxylic acids is 1. The zero-order chi connectivity index (χ0) is 9.42. The van der Waals surface area contributed by atoms with Crippen LogP contribution in [0.3, 0.4) is 0 Å². The predicted molar refractivity (Wildman–Crippen MR) is 51.6 cm³/mol. The number of carbonyl (C=O) groups is 1. The van der Waals surface area contributed by atoms with Crippen LogP contribution in [-0.4, -0.2) is 20.7 Å². The highest BCUT2D eigenvalue weighted by molar-refractivity contribution is 9.10. The minimum Gasteiger partial charge on any atom is -0.333 e. The fourth-order valence-electron chi connectivity index (χ4n) is 1.24. The van der Waals surface area contributed by atoms with Gasteiger partial charge in [-0.05, 0) is 22.9 Å². The van der Waals surface area contributed by atoms with Gasteiger partial charge in [0.05, 0.1) is 10.2 Å². The molecule has 13 heavy (non-hydrogen) atoms. The highest BCUT2D eigenvalue weighted by Crippen LogP contribution is 2.24. The van der Waals surface area contributed by atoms with Gasteiger partial charge in [-0.3, -0.25) is 4.79 Å². The molecule has 0 aromatic carbocycles. The molecule has 0 aliphatic carbocycles. The Hall–Kier alpha value is -1.23. The van der Waals surface area contributed by atoms with E-state index in [1.807, 2.05) is 0 Å². The Morgan fingerprint density at radius 2 is 2.38 bits per heavy atom. The highest BCUT2D eigenvalue weighted by atomic mass is 79.9. The van der Waals surface area contributed by atoms with Crippen molar-refractivity contribution in [3.05, 3.63) is 22.7 Å². The van der Waals surface area contributed by atoms with Crippen molar-refractivity contribution in [2.24, 2.45) is 0 Å². The van der Waals surface area contributed by atoms with E-state index in [1.165, 1.54) is 13.3 Å². The van der Waals surface area contributed by atoms with E-state index in [9.17, 15) is 4.79 Å². The van der Waals surface area contributed by atoms with E-state index in [2.05, 4.69) is 30.9 Å². The van der Waals surface area contributed by atoms with E-state index in [1.54, 1.807) is 6.20 Å². The summed E-state index contributed by atoms with van der Waals surface area (Å²) in [7, 11) is 0. The first kappa shape index (κ1) is 8.37. The average Bonchev–Trinajstić information content (AvgIpc) is 2.39. The summed E-state index contributed by atoms with van der Waals surface area (Å²) in [6, 6.07) is 0. The standard InChI is InChI=1S/C8H6BrN3O/c1-4(13)6-5-2-10-3-11-8(5)12-7(6)9/h2-3H,1H3,(H,10,11,12). The van der Waals surface area contributed by atoms with Crippen molar-refractivity contribution in [1.29, 1.82) is 0 Å². The zero-order valence-electron chi connectivity index (χ0n) is 6.84. The second-order valence-corrected chi connectivity index (χ2v) is 3.45. The van der Waals surface area contributed by atoms with Crippen LogP contribution in [0.2, 0.25) is 0 Å². The van der Waals surface area contributed by atoms with Crippen molar-refractivity contribution in [3.8, 4) is 0 Å². The number of Topliss-reactive ketones (excluding diaryl/α,β-unsaturated/α-hetero) is 1. The van der Waals surface area contributed by atoms with Crippen molar-refractivity contribution in [2.45, 2.75) is 6.92 Å². The SMILES string of the molecule is CC(=O)c1c(Br)[nH]c2ncncc12. The van der Waals surface area contributed by atoms with Gasteiger partial charge in [-0.25, -0.2) is 9.97 Å². The summed E-state index contributed by atoms with van der Waals surface area (Å²) >= 11 is 3.27. The Kier molecular flexibility index (Phi) is 1.88. The zero-order valence-corrected chi connectivity index (χ0v) is 8.42. The van der Waals surface area contributed by atoms with Gasteiger partial charge in [-0.2, -0.15) is 0 Å². The maximum absolute atomic E-state index is 11.2. The van der Waals surface area contributed by atoms with E-state index in [0.29, 0.717) is 15.8 Å². The van der Waals surface area contributed by atoms with Crippen LogP contribution >= 0.6 is 15.9 Å². The molecule has 0 aliphatic heterocycles. The van der Waals surface area contributed by atoms with Gasteiger partial charge in [0.1, 0.15) is 12.0 Å². The maximum atomic E-state index is 11.2. The number of H-pyrrole nitrogens is 1. The van der Waals surface area contributed by atoms with Crippen LogP contribution in [0.25, 0.3) is 11.0 Å². The molecule has 2 aromatic rings. The molecule has 5 heteroatoms. The molecule has 2 aromatic heterocycles. The van der Waals surface area contributed by atoms with Crippen LogP contribution in [0.1, 0.15) is 17.3 Å². The van der Waals surface area contributed by atoms with Gasteiger partial charge in [0.2, 0.25) is 0 Å². The fraction of sp³-hybridized carbons (Fsp3) is 0.125. The summed E-state index contributed by atoms with van der Waals surface area (Å²) in [5, 5.41) is 0.752. The molecule has 0 radical (unpaired) electrons. The van der Waals surface area contributed by atoms with Crippen molar-refractivity contribution in [3.63, 3.8) is 0 Å². The number of rotatable bonds is 1. The van der Waals surface area contributed by atoms with E-state index in [0.717, 1.165) is 5.39 Å². The monoisotopic (exact) mass is 239 g/mol. The molecule has 0 unspecified atom stereocenters. The molecule has 2 rings (SSSR count). The molecular weight excluding hydrogens is 234 g/mol. The summed E-state index contributed by atoms with van der Waals surface area (Å²) in [5.41, 5.74) is 1.28. The van der Waals surface area contributed by atoms with Crippen molar-refractivity contribution in [2.75, 3.05) is 0 Å². The van der Waals surface area contributed by atoms with Gasteiger partial charge >= 0.3 is 0 Å². The predicted octanol–water partition coefficient (Wildman–Crippen LogP) is 1.92.